The van der Waals surface area contributed by atoms with Crippen LogP contribution >= 0.6 is 0 Å². The van der Waals surface area contributed by atoms with Crippen LogP contribution in [0, 0.1) is 0 Å². The molecule has 4 rings (SSSR count). The van der Waals surface area contributed by atoms with Gasteiger partial charge >= 0.3 is 0 Å². The van der Waals surface area contributed by atoms with Gasteiger partial charge in [0, 0.05) is 43.8 Å². The number of piperazine rings is 1. The van der Waals surface area contributed by atoms with Crippen LogP contribution in [0.1, 0.15) is 10.5 Å². The normalized spacial score (nSPS) is 15.2. The number of carbonyl (C=O) groups is 1. The predicted octanol–water partition coefficient (Wildman–Crippen LogP) is 2.81. The first-order valence-electron chi connectivity index (χ1n) is 8.66. The second kappa shape index (κ2) is 7.09. The van der Waals surface area contributed by atoms with Crippen LogP contribution in [-0.2, 0) is 0 Å². The Morgan fingerprint density at radius 2 is 1.88 bits per heavy atom. The summed E-state index contributed by atoms with van der Waals surface area (Å²) in [5.41, 5.74) is 1.26. The van der Waals surface area contributed by atoms with Gasteiger partial charge in [-0.25, -0.2) is 9.97 Å². The molecule has 0 aliphatic carbocycles. The van der Waals surface area contributed by atoms with Crippen LogP contribution in [0.2, 0.25) is 0 Å². The van der Waals surface area contributed by atoms with Crippen molar-refractivity contribution in [1.29, 1.82) is 0 Å². The monoisotopic (exact) mass is 348 g/mol. The Bertz CT molecular complexity index is 922. The largest absolute Gasteiger partial charge is 0.439 e. The molecule has 2 aromatic heterocycles. The number of fused-ring (bicyclic) bond motifs is 1. The van der Waals surface area contributed by atoms with E-state index < -0.39 is 0 Å². The molecule has 6 nitrogen and oxygen atoms in total. The SMILES string of the molecule is CN1CCN(C(=O)c2ccc3cc(Oc4ccccn4)ccc3n2)CC1. The first-order chi connectivity index (χ1) is 12.7. The highest BCUT2D eigenvalue weighted by Crippen LogP contribution is 2.24. The van der Waals surface area contributed by atoms with Gasteiger partial charge in [-0.15, -0.1) is 0 Å². The number of nitrogens with zero attached hydrogens (tertiary/aromatic N) is 4. The molecule has 3 aromatic rings. The summed E-state index contributed by atoms with van der Waals surface area (Å²) in [7, 11) is 2.07. The Morgan fingerprint density at radius 1 is 1.04 bits per heavy atom. The zero-order valence-electron chi connectivity index (χ0n) is 14.6. The highest BCUT2D eigenvalue weighted by molar-refractivity contribution is 5.95. The van der Waals surface area contributed by atoms with Gasteiger partial charge in [0.15, 0.2) is 0 Å². The minimum Gasteiger partial charge on any atom is -0.439 e. The molecular weight excluding hydrogens is 328 g/mol. The first-order valence-corrected chi connectivity index (χ1v) is 8.66. The third kappa shape index (κ3) is 3.50. The van der Waals surface area contributed by atoms with Crippen molar-refractivity contribution in [2.75, 3.05) is 33.2 Å². The molecule has 0 saturated carbocycles. The molecular formula is C20H20N4O2. The van der Waals surface area contributed by atoms with Crippen LogP contribution in [-0.4, -0.2) is 58.9 Å². The topological polar surface area (TPSA) is 58.6 Å². The van der Waals surface area contributed by atoms with E-state index in [1.807, 2.05) is 41.3 Å². The van der Waals surface area contributed by atoms with Gasteiger partial charge in [-0.3, -0.25) is 4.79 Å². The fourth-order valence-corrected chi connectivity index (χ4v) is 2.99. The van der Waals surface area contributed by atoms with Crippen molar-refractivity contribution >= 4 is 16.8 Å². The van der Waals surface area contributed by atoms with E-state index in [0.717, 1.165) is 37.1 Å². The molecule has 0 N–H and O–H groups in total. The summed E-state index contributed by atoms with van der Waals surface area (Å²) in [6.45, 7) is 3.28. The molecule has 1 aliphatic heterocycles. The number of hydrogen-bond donors (Lipinski definition) is 0. The molecule has 1 fully saturated rings. The highest BCUT2D eigenvalue weighted by Gasteiger charge is 2.21. The fraction of sp³-hybridized carbons (Fsp3) is 0.250. The molecule has 3 heterocycles. The summed E-state index contributed by atoms with van der Waals surface area (Å²) >= 11 is 0. The predicted molar refractivity (Wildman–Crippen MR) is 99.5 cm³/mol. The lowest BCUT2D eigenvalue weighted by Crippen LogP contribution is -2.47. The number of ether oxygens (including phenoxy) is 1. The average Bonchev–Trinajstić information content (AvgIpc) is 2.68. The molecule has 0 atom stereocenters. The van der Waals surface area contributed by atoms with E-state index in [1.165, 1.54) is 0 Å². The standard InChI is InChI=1S/C20H20N4O2/c1-23-10-12-24(13-11-23)20(25)18-7-5-15-14-16(6-8-17(15)22-18)26-19-4-2-3-9-21-19/h2-9,14H,10-13H2,1H3. The van der Waals surface area contributed by atoms with Crippen molar-refractivity contribution in [2.45, 2.75) is 0 Å². The van der Waals surface area contributed by atoms with Gasteiger partial charge in [-0.2, -0.15) is 0 Å². The maximum atomic E-state index is 12.7. The quantitative estimate of drug-likeness (QED) is 0.728. The smallest absolute Gasteiger partial charge is 0.272 e. The highest BCUT2D eigenvalue weighted by atomic mass is 16.5. The number of benzene rings is 1. The van der Waals surface area contributed by atoms with Gasteiger partial charge in [0.05, 0.1) is 5.52 Å². The minimum absolute atomic E-state index is 0.00573. The lowest BCUT2D eigenvalue weighted by molar-refractivity contribution is 0.0658. The van der Waals surface area contributed by atoms with Crippen LogP contribution < -0.4 is 4.74 Å². The summed E-state index contributed by atoms with van der Waals surface area (Å²) in [6, 6.07) is 14.8. The second-order valence-electron chi connectivity index (χ2n) is 6.42. The Morgan fingerprint density at radius 3 is 2.65 bits per heavy atom. The Hall–Kier alpha value is -2.99. The lowest BCUT2D eigenvalue weighted by Gasteiger charge is -2.32. The maximum absolute atomic E-state index is 12.7. The molecule has 1 saturated heterocycles. The number of hydrogen-bond acceptors (Lipinski definition) is 5. The van der Waals surface area contributed by atoms with Crippen molar-refractivity contribution in [3.05, 3.63) is 60.4 Å². The molecule has 26 heavy (non-hydrogen) atoms. The lowest BCUT2D eigenvalue weighted by atomic mass is 10.2. The van der Waals surface area contributed by atoms with Crippen LogP contribution in [0.25, 0.3) is 10.9 Å². The van der Waals surface area contributed by atoms with Crippen molar-refractivity contribution < 1.29 is 9.53 Å². The van der Waals surface area contributed by atoms with E-state index in [4.69, 9.17) is 4.74 Å². The summed E-state index contributed by atoms with van der Waals surface area (Å²) in [5.74, 6) is 1.23. The Labute approximate surface area is 152 Å². The van der Waals surface area contributed by atoms with E-state index in [0.29, 0.717) is 17.3 Å². The van der Waals surface area contributed by atoms with Crippen molar-refractivity contribution in [1.82, 2.24) is 19.8 Å². The molecule has 6 heteroatoms. The van der Waals surface area contributed by atoms with Crippen LogP contribution in [0.5, 0.6) is 11.6 Å². The van der Waals surface area contributed by atoms with Crippen molar-refractivity contribution in [2.24, 2.45) is 0 Å². The van der Waals surface area contributed by atoms with E-state index in [2.05, 4.69) is 21.9 Å². The number of carbonyl (C=O) groups excluding carboxylic acids is 1. The fourth-order valence-electron chi connectivity index (χ4n) is 2.99. The van der Waals surface area contributed by atoms with Crippen molar-refractivity contribution in [3.8, 4) is 11.6 Å². The number of amides is 1. The third-order valence-corrected chi connectivity index (χ3v) is 4.53. The molecule has 0 bridgehead atoms. The van der Waals surface area contributed by atoms with Crippen LogP contribution in [0.4, 0.5) is 0 Å². The minimum atomic E-state index is -0.00573. The molecule has 0 spiro atoms. The second-order valence-corrected chi connectivity index (χ2v) is 6.42. The first kappa shape index (κ1) is 16.5. The molecule has 132 valence electrons. The Balaban J connectivity index is 1.54. The molecule has 1 amide bonds. The summed E-state index contributed by atoms with van der Waals surface area (Å²) < 4.78 is 5.75. The van der Waals surface area contributed by atoms with Crippen LogP contribution in [0.3, 0.4) is 0 Å². The number of aromatic nitrogens is 2. The maximum Gasteiger partial charge on any atom is 0.272 e. The third-order valence-electron chi connectivity index (χ3n) is 4.53. The zero-order valence-corrected chi connectivity index (χ0v) is 14.6. The molecule has 0 radical (unpaired) electrons. The summed E-state index contributed by atoms with van der Waals surface area (Å²) in [6.07, 6.45) is 1.69. The van der Waals surface area contributed by atoms with E-state index in [1.54, 1.807) is 18.3 Å². The van der Waals surface area contributed by atoms with Gasteiger partial charge in [0.1, 0.15) is 11.4 Å². The Kier molecular flexibility index (Phi) is 4.50. The van der Waals surface area contributed by atoms with Crippen molar-refractivity contribution in [3.63, 3.8) is 0 Å². The van der Waals surface area contributed by atoms with Gasteiger partial charge in [0.2, 0.25) is 5.88 Å². The van der Waals surface area contributed by atoms with Gasteiger partial charge in [0.25, 0.3) is 5.91 Å². The van der Waals surface area contributed by atoms with Crippen LogP contribution in [0.15, 0.2) is 54.7 Å². The molecule has 0 unspecified atom stereocenters. The van der Waals surface area contributed by atoms with Gasteiger partial charge < -0.3 is 14.5 Å². The summed E-state index contributed by atoms with van der Waals surface area (Å²) in [5, 5.41) is 0.924. The average molecular weight is 348 g/mol. The van der Waals surface area contributed by atoms with Gasteiger partial charge in [-0.1, -0.05) is 12.1 Å². The zero-order chi connectivity index (χ0) is 17.9. The summed E-state index contributed by atoms with van der Waals surface area (Å²) in [4.78, 5) is 25.5. The molecule has 1 aliphatic rings. The van der Waals surface area contributed by atoms with E-state index in [-0.39, 0.29) is 5.91 Å². The number of pyridine rings is 2. The van der Waals surface area contributed by atoms with E-state index >= 15 is 0 Å². The number of likely N-dealkylation sites (N-methyl/N-ethyl adjacent to an activating group) is 1. The van der Waals surface area contributed by atoms with E-state index in [9.17, 15) is 4.79 Å². The number of rotatable bonds is 3. The molecule has 1 aromatic carbocycles. The van der Waals surface area contributed by atoms with Gasteiger partial charge in [-0.05, 0) is 37.4 Å².